The van der Waals surface area contributed by atoms with Crippen molar-refractivity contribution in [3.63, 3.8) is 0 Å². The van der Waals surface area contributed by atoms with Gasteiger partial charge in [-0.15, -0.1) is 0 Å². The Morgan fingerprint density at radius 1 is 1.52 bits per heavy atom. The maximum atomic E-state index is 12.3. The lowest BCUT2D eigenvalue weighted by molar-refractivity contribution is -0.138. The van der Waals surface area contributed by atoms with Gasteiger partial charge in [0, 0.05) is 24.8 Å². The number of nitrogens with one attached hydrogen (secondary N) is 1. The molecule has 0 bridgehead atoms. The highest BCUT2D eigenvalue weighted by atomic mass is 32.1. The molecule has 0 saturated carbocycles. The molecule has 2 aromatic rings. The zero-order chi connectivity index (χ0) is 16.1. The van der Waals surface area contributed by atoms with Gasteiger partial charge < -0.3 is 14.6 Å². The molecule has 1 atom stereocenters. The fourth-order valence-electron chi connectivity index (χ4n) is 2.65. The number of carbonyl (C=O) groups is 1. The number of H-pyrrole nitrogens is 1. The third kappa shape index (κ3) is 4.49. The molecule has 2 aromatic heterocycles. The first kappa shape index (κ1) is 15.9. The molecule has 6 nitrogen and oxygen atoms in total. The fourth-order valence-corrected chi connectivity index (χ4v) is 3.32. The minimum atomic E-state index is -0.146. The van der Waals surface area contributed by atoms with Crippen molar-refractivity contribution in [2.24, 2.45) is 0 Å². The number of morpholine rings is 1. The smallest absolute Gasteiger partial charge is 0.250 e. The summed E-state index contributed by atoms with van der Waals surface area (Å²) >= 11 is 1.61. The minimum absolute atomic E-state index is 0.00346. The molecule has 1 aliphatic heterocycles. The molecule has 3 heterocycles. The maximum absolute atomic E-state index is 12.3. The van der Waals surface area contributed by atoms with E-state index in [9.17, 15) is 9.59 Å². The van der Waals surface area contributed by atoms with E-state index in [1.165, 1.54) is 12.4 Å². The van der Waals surface area contributed by atoms with Gasteiger partial charge >= 0.3 is 0 Å². The van der Waals surface area contributed by atoms with Gasteiger partial charge in [0.25, 0.3) is 5.56 Å². The molecule has 0 aliphatic carbocycles. The summed E-state index contributed by atoms with van der Waals surface area (Å²) in [5.74, 6) is 0.144. The van der Waals surface area contributed by atoms with Gasteiger partial charge in [0.05, 0.1) is 25.5 Å². The summed E-state index contributed by atoms with van der Waals surface area (Å²) in [6.45, 7) is 1.80. The van der Waals surface area contributed by atoms with Crippen molar-refractivity contribution in [2.75, 3.05) is 19.7 Å². The lowest BCUT2D eigenvalue weighted by Crippen LogP contribution is -2.46. The summed E-state index contributed by atoms with van der Waals surface area (Å²) in [7, 11) is 0. The van der Waals surface area contributed by atoms with Gasteiger partial charge in [0.2, 0.25) is 5.91 Å². The Morgan fingerprint density at radius 2 is 2.43 bits per heavy atom. The molecule has 3 rings (SSSR count). The number of carbonyl (C=O) groups excluding carboxylic acids is 1. The summed E-state index contributed by atoms with van der Waals surface area (Å²) in [4.78, 5) is 32.1. The second-order valence-corrected chi connectivity index (χ2v) is 6.36. The number of amides is 1. The van der Waals surface area contributed by atoms with Crippen LogP contribution in [0.1, 0.15) is 17.7 Å². The zero-order valence-electron chi connectivity index (χ0n) is 12.7. The third-order valence-corrected chi connectivity index (χ3v) is 4.62. The van der Waals surface area contributed by atoms with Crippen molar-refractivity contribution in [1.82, 2.24) is 14.9 Å². The number of hydrogen-bond donors (Lipinski definition) is 1. The highest BCUT2D eigenvalue weighted by Crippen LogP contribution is 2.14. The van der Waals surface area contributed by atoms with Gasteiger partial charge in [-0.25, -0.2) is 4.98 Å². The van der Waals surface area contributed by atoms with Crippen LogP contribution in [0.3, 0.4) is 0 Å². The van der Waals surface area contributed by atoms with E-state index in [1.54, 1.807) is 11.3 Å². The predicted octanol–water partition coefficient (Wildman–Crippen LogP) is 1.23. The molecule has 7 heteroatoms. The molecule has 1 aliphatic rings. The Bertz CT molecular complexity index is 699. The Morgan fingerprint density at radius 3 is 3.22 bits per heavy atom. The van der Waals surface area contributed by atoms with Crippen LogP contribution in [0, 0.1) is 0 Å². The standard InChI is InChI=1S/C16H19N3O3S/c20-15-8-13(17-11-18-15)1-2-14-9-19(4-5-22-14)16(21)7-12-3-6-23-10-12/h3,6,8,10-11,14H,1-2,4-5,7,9H2,(H,17,18,20)/t14-/m1/s1. The maximum Gasteiger partial charge on any atom is 0.250 e. The van der Waals surface area contributed by atoms with Gasteiger partial charge in [0.1, 0.15) is 0 Å². The van der Waals surface area contributed by atoms with Crippen LogP contribution in [0.5, 0.6) is 0 Å². The summed E-state index contributed by atoms with van der Waals surface area (Å²) in [5.41, 5.74) is 1.67. The monoisotopic (exact) mass is 333 g/mol. The number of nitrogens with zero attached hydrogens (tertiary/aromatic N) is 2. The molecule has 0 spiro atoms. The van der Waals surface area contributed by atoms with Crippen molar-refractivity contribution in [3.8, 4) is 0 Å². The van der Waals surface area contributed by atoms with Crippen molar-refractivity contribution >= 4 is 17.2 Å². The summed E-state index contributed by atoms with van der Waals surface area (Å²) < 4.78 is 5.74. The average Bonchev–Trinajstić information content (AvgIpc) is 3.06. The van der Waals surface area contributed by atoms with Gasteiger partial charge in [-0.2, -0.15) is 11.3 Å². The molecule has 0 radical (unpaired) electrons. The minimum Gasteiger partial charge on any atom is -0.375 e. The van der Waals surface area contributed by atoms with Crippen LogP contribution in [0.25, 0.3) is 0 Å². The molecule has 0 unspecified atom stereocenters. The van der Waals surface area contributed by atoms with Crippen LogP contribution in [0.15, 0.2) is 34.0 Å². The summed E-state index contributed by atoms with van der Waals surface area (Å²) in [6, 6.07) is 3.49. The second-order valence-electron chi connectivity index (χ2n) is 5.58. The number of thiophene rings is 1. The zero-order valence-corrected chi connectivity index (χ0v) is 13.6. The number of aryl methyl sites for hydroxylation is 1. The SMILES string of the molecule is O=C(Cc1ccsc1)N1CCO[C@H](CCc2cc(=O)[nH]cn2)C1. The van der Waals surface area contributed by atoms with E-state index < -0.39 is 0 Å². The fraction of sp³-hybridized carbons (Fsp3) is 0.438. The quantitative estimate of drug-likeness (QED) is 0.893. The topological polar surface area (TPSA) is 75.3 Å². The lowest BCUT2D eigenvalue weighted by atomic mass is 10.1. The van der Waals surface area contributed by atoms with Crippen molar-refractivity contribution in [2.45, 2.75) is 25.4 Å². The summed E-state index contributed by atoms with van der Waals surface area (Å²) in [6.07, 6.45) is 3.28. The molecular formula is C16H19N3O3S. The normalized spacial score (nSPS) is 18.1. The Balaban J connectivity index is 1.51. The lowest BCUT2D eigenvalue weighted by Gasteiger charge is -2.33. The van der Waals surface area contributed by atoms with E-state index >= 15 is 0 Å². The van der Waals surface area contributed by atoms with Gasteiger partial charge in [0.15, 0.2) is 0 Å². The molecule has 1 N–H and O–H groups in total. The van der Waals surface area contributed by atoms with Gasteiger partial charge in [-0.05, 0) is 35.2 Å². The van der Waals surface area contributed by atoms with Gasteiger partial charge in [-0.1, -0.05) is 0 Å². The van der Waals surface area contributed by atoms with E-state index in [2.05, 4.69) is 9.97 Å². The Labute approximate surface area is 138 Å². The molecule has 122 valence electrons. The third-order valence-electron chi connectivity index (χ3n) is 3.88. The number of aromatic amines is 1. The summed E-state index contributed by atoms with van der Waals surface area (Å²) in [5, 5.41) is 3.99. The van der Waals surface area contributed by atoms with Crippen LogP contribution in [-0.4, -0.2) is 46.6 Å². The van der Waals surface area contributed by atoms with Crippen LogP contribution in [-0.2, 0) is 22.4 Å². The Hall–Kier alpha value is -1.99. The van der Waals surface area contributed by atoms with Crippen LogP contribution in [0.2, 0.25) is 0 Å². The highest BCUT2D eigenvalue weighted by molar-refractivity contribution is 7.07. The molecule has 1 fully saturated rings. The average molecular weight is 333 g/mol. The molecule has 1 amide bonds. The largest absolute Gasteiger partial charge is 0.375 e. The molecule has 0 aromatic carbocycles. The predicted molar refractivity (Wildman–Crippen MR) is 87.5 cm³/mol. The highest BCUT2D eigenvalue weighted by Gasteiger charge is 2.24. The first-order chi connectivity index (χ1) is 11.2. The first-order valence-corrected chi connectivity index (χ1v) is 8.59. The number of aromatic nitrogens is 2. The van der Waals surface area contributed by atoms with E-state index in [1.807, 2.05) is 21.7 Å². The van der Waals surface area contributed by atoms with Crippen LogP contribution in [0.4, 0.5) is 0 Å². The molecule has 23 heavy (non-hydrogen) atoms. The van der Waals surface area contributed by atoms with Crippen molar-refractivity contribution in [1.29, 1.82) is 0 Å². The number of rotatable bonds is 5. The van der Waals surface area contributed by atoms with E-state index in [0.717, 1.165) is 17.7 Å². The van der Waals surface area contributed by atoms with Gasteiger partial charge in [-0.3, -0.25) is 9.59 Å². The number of hydrogen-bond acceptors (Lipinski definition) is 5. The van der Waals surface area contributed by atoms with E-state index in [4.69, 9.17) is 4.74 Å². The van der Waals surface area contributed by atoms with E-state index in [0.29, 0.717) is 32.5 Å². The molecule has 1 saturated heterocycles. The van der Waals surface area contributed by atoms with Crippen molar-refractivity contribution < 1.29 is 9.53 Å². The number of ether oxygens (including phenoxy) is 1. The van der Waals surface area contributed by atoms with Crippen LogP contribution >= 0.6 is 11.3 Å². The second kappa shape index (κ2) is 7.52. The molecular weight excluding hydrogens is 314 g/mol. The first-order valence-electron chi connectivity index (χ1n) is 7.65. The van der Waals surface area contributed by atoms with Crippen LogP contribution < -0.4 is 5.56 Å². The van der Waals surface area contributed by atoms with Crippen molar-refractivity contribution in [3.05, 3.63) is 50.8 Å². The van der Waals surface area contributed by atoms with E-state index in [-0.39, 0.29) is 17.6 Å². The Kier molecular flexibility index (Phi) is 5.19.